The van der Waals surface area contributed by atoms with E-state index in [-0.39, 0.29) is 0 Å². The minimum atomic E-state index is 0.303. The molecule has 6 heteroatoms. The summed E-state index contributed by atoms with van der Waals surface area (Å²) < 4.78 is 0. The number of benzene rings is 2. The van der Waals surface area contributed by atoms with Gasteiger partial charge in [-0.3, -0.25) is 4.98 Å². The van der Waals surface area contributed by atoms with Crippen molar-refractivity contribution in [2.45, 2.75) is 10.8 Å². The zero-order valence-corrected chi connectivity index (χ0v) is 15.8. The fourth-order valence-corrected chi connectivity index (χ4v) is 3.95. The molecule has 2 aromatic carbocycles. The molecule has 4 rings (SSSR count). The monoisotopic (exact) mass is 378 g/mol. The van der Waals surface area contributed by atoms with Crippen molar-refractivity contribution in [2.24, 2.45) is 0 Å². The molecule has 138 valence electrons. The molecule has 2 heterocycles. The van der Waals surface area contributed by atoms with Crippen LogP contribution in [-0.4, -0.2) is 41.3 Å². The Morgan fingerprint density at radius 2 is 1.56 bits per heavy atom. The van der Waals surface area contributed by atoms with Crippen LogP contribution in [0.2, 0.25) is 0 Å². The van der Waals surface area contributed by atoms with E-state index in [1.807, 2.05) is 30.6 Å². The number of aromatic nitrogens is 2. The predicted molar refractivity (Wildman–Crippen MR) is 111 cm³/mol. The quantitative estimate of drug-likeness (QED) is 0.682. The normalized spacial score (nSPS) is 14.4. The average Bonchev–Trinajstić information content (AvgIpc) is 2.74. The molecular weight excluding hydrogens is 356 g/mol. The van der Waals surface area contributed by atoms with Gasteiger partial charge in [-0.1, -0.05) is 30.3 Å². The van der Waals surface area contributed by atoms with Crippen molar-refractivity contribution in [1.82, 2.24) is 9.97 Å². The van der Waals surface area contributed by atoms with Crippen LogP contribution in [-0.2, 0) is 5.75 Å². The largest absolute Gasteiger partial charge is 0.508 e. The molecule has 0 unspecified atom stereocenters. The number of piperazine rings is 1. The van der Waals surface area contributed by atoms with Gasteiger partial charge in [0.05, 0.1) is 12.4 Å². The molecule has 0 saturated carbocycles. The standard InChI is InChI=1S/C21H22N4OS/c26-19-8-6-18(7-9-19)24-10-12-25(13-11-24)20-14-22-15-21(23-20)27-16-17-4-2-1-3-5-17/h1-9,14-15,26H,10-13,16H2. The predicted octanol–water partition coefficient (Wildman–Crippen LogP) is 3.80. The Balaban J connectivity index is 1.36. The lowest BCUT2D eigenvalue weighted by Gasteiger charge is -2.36. The molecular formula is C21H22N4OS. The maximum atomic E-state index is 9.44. The van der Waals surface area contributed by atoms with Crippen LogP contribution in [0.25, 0.3) is 0 Å². The number of phenolic OH excluding ortho intramolecular Hbond substituents is 1. The van der Waals surface area contributed by atoms with E-state index < -0.39 is 0 Å². The SMILES string of the molecule is Oc1ccc(N2CCN(c3cncc(SCc4ccccc4)n3)CC2)cc1. The highest BCUT2D eigenvalue weighted by Gasteiger charge is 2.19. The summed E-state index contributed by atoms with van der Waals surface area (Å²) in [7, 11) is 0. The molecule has 27 heavy (non-hydrogen) atoms. The number of anilines is 2. The summed E-state index contributed by atoms with van der Waals surface area (Å²) in [4.78, 5) is 13.8. The first-order valence-electron chi connectivity index (χ1n) is 9.06. The van der Waals surface area contributed by atoms with Crippen molar-refractivity contribution in [1.29, 1.82) is 0 Å². The van der Waals surface area contributed by atoms with Gasteiger partial charge < -0.3 is 14.9 Å². The molecule has 0 atom stereocenters. The summed E-state index contributed by atoms with van der Waals surface area (Å²) in [5.74, 6) is 2.14. The van der Waals surface area contributed by atoms with Crippen LogP contribution in [0.5, 0.6) is 5.75 Å². The fraction of sp³-hybridized carbons (Fsp3) is 0.238. The smallest absolute Gasteiger partial charge is 0.148 e. The lowest BCUT2D eigenvalue weighted by Crippen LogP contribution is -2.46. The number of thioether (sulfide) groups is 1. The highest BCUT2D eigenvalue weighted by molar-refractivity contribution is 7.98. The van der Waals surface area contributed by atoms with E-state index in [9.17, 15) is 5.11 Å². The second-order valence-corrected chi connectivity index (χ2v) is 7.48. The average molecular weight is 379 g/mol. The first kappa shape index (κ1) is 17.7. The molecule has 0 bridgehead atoms. The summed E-state index contributed by atoms with van der Waals surface area (Å²) in [6.45, 7) is 3.66. The molecule has 5 nitrogen and oxygen atoms in total. The minimum absolute atomic E-state index is 0.303. The van der Waals surface area contributed by atoms with Gasteiger partial charge in [0.1, 0.15) is 16.6 Å². The van der Waals surface area contributed by atoms with E-state index in [4.69, 9.17) is 4.98 Å². The van der Waals surface area contributed by atoms with Crippen molar-refractivity contribution in [2.75, 3.05) is 36.0 Å². The number of aromatic hydroxyl groups is 1. The van der Waals surface area contributed by atoms with Crippen LogP contribution in [0.15, 0.2) is 72.0 Å². The molecule has 1 aliphatic rings. The van der Waals surface area contributed by atoms with Gasteiger partial charge in [-0.2, -0.15) is 0 Å². The fourth-order valence-electron chi connectivity index (χ4n) is 3.15. The third-order valence-corrected chi connectivity index (χ3v) is 5.62. The van der Waals surface area contributed by atoms with Crippen LogP contribution < -0.4 is 9.80 Å². The van der Waals surface area contributed by atoms with E-state index in [0.717, 1.165) is 48.5 Å². The van der Waals surface area contributed by atoms with Crippen LogP contribution in [0.3, 0.4) is 0 Å². The topological polar surface area (TPSA) is 52.5 Å². The van der Waals surface area contributed by atoms with Gasteiger partial charge in [-0.15, -0.1) is 11.8 Å². The summed E-state index contributed by atoms with van der Waals surface area (Å²) in [6, 6.07) is 17.8. The molecule has 0 amide bonds. The maximum Gasteiger partial charge on any atom is 0.148 e. The summed E-state index contributed by atoms with van der Waals surface area (Å²) in [6.07, 6.45) is 3.69. The molecule has 1 fully saturated rings. The third kappa shape index (κ3) is 4.52. The van der Waals surface area contributed by atoms with Crippen molar-refractivity contribution >= 4 is 23.3 Å². The molecule has 1 N–H and O–H groups in total. The van der Waals surface area contributed by atoms with E-state index in [1.54, 1.807) is 23.9 Å². The Kier molecular flexibility index (Phi) is 5.44. The first-order valence-corrected chi connectivity index (χ1v) is 10.0. The Hall–Kier alpha value is -2.73. The molecule has 0 radical (unpaired) electrons. The number of nitrogens with zero attached hydrogens (tertiary/aromatic N) is 4. The minimum Gasteiger partial charge on any atom is -0.508 e. The molecule has 1 aliphatic heterocycles. The molecule has 3 aromatic rings. The Bertz CT molecular complexity index is 865. The van der Waals surface area contributed by atoms with Crippen molar-refractivity contribution in [3.63, 3.8) is 0 Å². The van der Waals surface area contributed by atoms with Gasteiger partial charge in [-0.05, 0) is 29.8 Å². The van der Waals surface area contributed by atoms with Crippen molar-refractivity contribution in [3.8, 4) is 5.75 Å². The van der Waals surface area contributed by atoms with Crippen molar-refractivity contribution in [3.05, 3.63) is 72.6 Å². The van der Waals surface area contributed by atoms with E-state index in [0.29, 0.717) is 5.75 Å². The second kappa shape index (κ2) is 8.31. The highest BCUT2D eigenvalue weighted by atomic mass is 32.2. The summed E-state index contributed by atoms with van der Waals surface area (Å²) in [5.41, 5.74) is 2.43. The molecule has 0 aliphatic carbocycles. The van der Waals surface area contributed by atoms with E-state index >= 15 is 0 Å². The highest BCUT2D eigenvalue weighted by Crippen LogP contribution is 2.24. The van der Waals surface area contributed by atoms with Crippen LogP contribution in [0, 0.1) is 0 Å². The molecule has 0 spiro atoms. The van der Waals surface area contributed by atoms with Crippen LogP contribution >= 0.6 is 11.8 Å². The van der Waals surface area contributed by atoms with Gasteiger partial charge in [0.25, 0.3) is 0 Å². The number of phenols is 1. The second-order valence-electron chi connectivity index (χ2n) is 6.48. The number of hydrogen-bond acceptors (Lipinski definition) is 6. The third-order valence-electron chi connectivity index (χ3n) is 4.65. The Labute approximate surface area is 163 Å². The van der Waals surface area contributed by atoms with Gasteiger partial charge in [0, 0.05) is 37.6 Å². The summed E-state index contributed by atoms with van der Waals surface area (Å²) in [5, 5.41) is 10.4. The van der Waals surface area contributed by atoms with E-state index in [2.05, 4.69) is 39.0 Å². The van der Waals surface area contributed by atoms with Crippen LogP contribution in [0.1, 0.15) is 5.56 Å². The maximum absolute atomic E-state index is 9.44. The zero-order chi connectivity index (χ0) is 18.5. The Morgan fingerprint density at radius 1 is 0.852 bits per heavy atom. The molecule has 1 aromatic heterocycles. The first-order chi connectivity index (χ1) is 13.3. The van der Waals surface area contributed by atoms with Gasteiger partial charge in [0.2, 0.25) is 0 Å². The lowest BCUT2D eigenvalue weighted by molar-refractivity contribution is 0.475. The number of hydrogen-bond donors (Lipinski definition) is 1. The Morgan fingerprint density at radius 3 is 2.30 bits per heavy atom. The van der Waals surface area contributed by atoms with Gasteiger partial charge in [0.15, 0.2) is 0 Å². The van der Waals surface area contributed by atoms with E-state index in [1.165, 1.54) is 5.56 Å². The molecule has 1 saturated heterocycles. The lowest BCUT2D eigenvalue weighted by atomic mass is 10.2. The van der Waals surface area contributed by atoms with Crippen molar-refractivity contribution < 1.29 is 5.11 Å². The zero-order valence-electron chi connectivity index (χ0n) is 15.0. The van der Waals surface area contributed by atoms with Gasteiger partial charge in [-0.25, -0.2) is 4.98 Å². The number of rotatable bonds is 5. The van der Waals surface area contributed by atoms with Gasteiger partial charge >= 0.3 is 0 Å². The summed E-state index contributed by atoms with van der Waals surface area (Å²) >= 11 is 1.72. The van der Waals surface area contributed by atoms with Crippen LogP contribution in [0.4, 0.5) is 11.5 Å².